The molecule has 1 unspecified atom stereocenters. The van der Waals surface area contributed by atoms with Crippen LogP contribution < -0.4 is 0 Å². The molecule has 0 bridgehead atoms. The van der Waals surface area contributed by atoms with Gasteiger partial charge in [-0.2, -0.15) is 0 Å². The molecular formula is C21H36NP. The van der Waals surface area contributed by atoms with Gasteiger partial charge in [-0.3, -0.25) is 0 Å². The third-order valence-electron chi connectivity index (χ3n) is 6.50. The Hall–Kier alpha value is -0.130. The van der Waals surface area contributed by atoms with Crippen molar-refractivity contribution in [3.05, 3.63) is 23.5 Å². The monoisotopic (exact) mass is 333 g/mol. The Bertz CT molecular complexity index is 409. The summed E-state index contributed by atoms with van der Waals surface area (Å²) in [6, 6.07) is 0.636. The summed E-state index contributed by atoms with van der Waals surface area (Å²) in [7, 11) is 4.57. The number of hydrogen-bond acceptors (Lipinski definition) is 1. The first-order valence-corrected chi connectivity index (χ1v) is 11.5. The zero-order chi connectivity index (χ0) is 16.2. The Morgan fingerprint density at radius 1 is 0.913 bits per heavy atom. The molecule has 0 amide bonds. The molecular weight excluding hydrogens is 297 g/mol. The predicted octanol–water partition coefficient (Wildman–Crippen LogP) is 6.15. The van der Waals surface area contributed by atoms with Crippen molar-refractivity contribution in [1.29, 1.82) is 0 Å². The molecule has 2 fully saturated rings. The molecule has 130 valence electrons. The van der Waals surface area contributed by atoms with Crippen molar-refractivity contribution in [2.75, 3.05) is 14.1 Å². The summed E-state index contributed by atoms with van der Waals surface area (Å²) in [5.74, 6) is 0.681. The van der Waals surface area contributed by atoms with E-state index in [9.17, 15) is 0 Å². The van der Waals surface area contributed by atoms with Gasteiger partial charge in [0.05, 0.1) is 0 Å². The topological polar surface area (TPSA) is 3.24 Å². The number of rotatable bonds is 5. The van der Waals surface area contributed by atoms with E-state index in [1.54, 1.807) is 0 Å². The molecule has 2 heteroatoms. The van der Waals surface area contributed by atoms with Gasteiger partial charge in [0.2, 0.25) is 0 Å². The Balaban J connectivity index is 1.81. The van der Waals surface area contributed by atoms with Gasteiger partial charge in [0.15, 0.2) is 0 Å². The van der Waals surface area contributed by atoms with Gasteiger partial charge in [-0.25, -0.2) is 0 Å². The zero-order valence-corrected chi connectivity index (χ0v) is 16.4. The molecule has 0 aromatic carbocycles. The molecule has 3 aliphatic rings. The molecule has 0 saturated heterocycles. The van der Waals surface area contributed by atoms with E-state index in [0.717, 1.165) is 11.3 Å². The van der Waals surface area contributed by atoms with Crippen LogP contribution in [0.2, 0.25) is 0 Å². The molecule has 0 aliphatic heterocycles. The zero-order valence-electron chi connectivity index (χ0n) is 15.5. The highest BCUT2D eigenvalue weighted by Crippen LogP contribution is 2.64. The lowest BCUT2D eigenvalue weighted by atomic mass is 9.99. The molecule has 1 nitrogen and oxygen atoms in total. The molecule has 2 saturated carbocycles. The van der Waals surface area contributed by atoms with Gasteiger partial charge in [0.1, 0.15) is 0 Å². The van der Waals surface area contributed by atoms with Crippen molar-refractivity contribution >= 4 is 7.92 Å². The minimum Gasteiger partial charge on any atom is -0.306 e. The van der Waals surface area contributed by atoms with Crippen molar-refractivity contribution < 1.29 is 0 Å². The molecule has 0 spiro atoms. The Labute approximate surface area is 145 Å². The van der Waals surface area contributed by atoms with Gasteiger partial charge in [-0.1, -0.05) is 64.7 Å². The van der Waals surface area contributed by atoms with Gasteiger partial charge in [0.25, 0.3) is 0 Å². The van der Waals surface area contributed by atoms with Gasteiger partial charge in [-0.05, 0) is 63.3 Å². The summed E-state index contributed by atoms with van der Waals surface area (Å²) in [6.45, 7) is 2.42. The molecule has 0 N–H and O–H groups in total. The van der Waals surface area contributed by atoms with Crippen molar-refractivity contribution in [2.24, 2.45) is 5.92 Å². The molecule has 23 heavy (non-hydrogen) atoms. The van der Waals surface area contributed by atoms with Crippen LogP contribution in [0.4, 0.5) is 0 Å². The quantitative estimate of drug-likeness (QED) is 0.545. The second kappa shape index (κ2) is 8.30. The number of allylic oxidation sites excluding steroid dienone is 2. The van der Waals surface area contributed by atoms with Crippen LogP contribution in [0, 0.1) is 5.92 Å². The van der Waals surface area contributed by atoms with E-state index < -0.39 is 0 Å². The maximum Gasteiger partial charge on any atom is 0.0179 e. The highest BCUT2D eigenvalue weighted by Gasteiger charge is 2.37. The second-order valence-electron chi connectivity index (χ2n) is 8.20. The lowest BCUT2D eigenvalue weighted by Gasteiger charge is -2.42. The predicted molar refractivity (Wildman–Crippen MR) is 105 cm³/mol. The van der Waals surface area contributed by atoms with Crippen molar-refractivity contribution in [1.82, 2.24) is 4.90 Å². The first-order valence-electron chi connectivity index (χ1n) is 10.0. The molecule has 2 atom stereocenters. The minimum absolute atomic E-state index is 0.0773. The minimum atomic E-state index is 0.0773. The Morgan fingerprint density at radius 2 is 1.43 bits per heavy atom. The summed E-state index contributed by atoms with van der Waals surface area (Å²) >= 11 is 0. The summed E-state index contributed by atoms with van der Waals surface area (Å²) in [6.07, 6.45) is 22.4. The largest absolute Gasteiger partial charge is 0.306 e. The smallest absolute Gasteiger partial charge is 0.0179 e. The number of nitrogens with zero attached hydrogens (tertiary/aromatic N) is 1. The fourth-order valence-corrected chi connectivity index (χ4v) is 9.10. The fraction of sp³-hybridized carbons (Fsp3) is 0.810. The van der Waals surface area contributed by atoms with Gasteiger partial charge in [-0.15, -0.1) is 0 Å². The average molecular weight is 334 g/mol. The van der Waals surface area contributed by atoms with Crippen LogP contribution in [-0.2, 0) is 0 Å². The van der Waals surface area contributed by atoms with Crippen LogP contribution >= 0.6 is 7.92 Å². The van der Waals surface area contributed by atoms with Crippen LogP contribution in [0.3, 0.4) is 0 Å². The lowest BCUT2D eigenvalue weighted by Crippen LogP contribution is -2.33. The highest BCUT2D eigenvalue weighted by atomic mass is 31.1. The van der Waals surface area contributed by atoms with Gasteiger partial charge < -0.3 is 4.90 Å². The van der Waals surface area contributed by atoms with Crippen LogP contribution in [0.1, 0.15) is 71.1 Å². The SMILES string of the molecule is C[C@H](C1C=CC=C1P(C1CCCCC1)C1CCCCC1)N(C)C. The first kappa shape index (κ1) is 17.7. The van der Waals surface area contributed by atoms with Crippen LogP contribution in [0.15, 0.2) is 23.5 Å². The third-order valence-corrected chi connectivity index (χ3v) is 10.1. The van der Waals surface area contributed by atoms with Crippen molar-refractivity contribution in [2.45, 2.75) is 88.5 Å². The number of hydrogen-bond donors (Lipinski definition) is 0. The standard InChI is InChI=1S/C21H36NP/c1-17(22(2)3)20-15-10-16-21(20)23(18-11-6-4-7-12-18)19-13-8-5-9-14-19/h10,15-20H,4-9,11-14H2,1-3H3/t17-,20?/m1/s1. The maximum absolute atomic E-state index is 2.54. The summed E-state index contributed by atoms with van der Waals surface area (Å²) in [4.78, 5) is 2.42. The van der Waals surface area contributed by atoms with Crippen LogP contribution in [-0.4, -0.2) is 36.4 Å². The van der Waals surface area contributed by atoms with E-state index in [2.05, 4.69) is 44.1 Å². The molecule has 3 aliphatic carbocycles. The van der Waals surface area contributed by atoms with E-state index in [4.69, 9.17) is 0 Å². The summed E-state index contributed by atoms with van der Waals surface area (Å²) < 4.78 is 0. The van der Waals surface area contributed by atoms with Crippen molar-refractivity contribution in [3.8, 4) is 0 Å². The van der Waals surface area contributed by atoms with E-state index in [1.165, 1.54) is 64.2 Å². The van der Waals surface area contributed by atoms with E-state index in [0.29, 0.717) is 12.0 Å². The fourth-order valence-electron chi connectivity index (χ4n) is 4.91. The third kappa shape index (κ3) is 4.10. The average Bonchev–Trinajstić information content (AvgIpc) is 3.05. The van der Waals surface area contributed by atoms with E-state index in [1.807, 2.05) is 5.31 Å². The van der Waals surface area contributed by atoms with Crippen molar-refractivity contribution in [3.63, 3.8) is 0 Å². The van der Waals surface area contributed by atoms with E-state index in [-0.39, 0.29) is 7.92 Å². The normalized spacial score (nSPS) is 28.6. The first-order chi connectivity index (χ1) is 11.2. The molecule has 0 aromatic rings. The highest BCUT2D eigenvalue weighted by molar-refractivity contribution is 7.63. The molecule has 0 radical (unpaired) electrons. The molecule has 0 aromatic heterocycles. The summed E-state index contributed by atoms with van der Waals surface area (Å²) in [5, 5.41) is 1.86. The Kier molecular flexibility index (Phi) is 6.38. The molecule has 3 rings (SSSR count). The van der Waals surface area contributed by atoms with Crippen LogP contribution in [0.5, 0.6) is 0 Å². The Morgan fingerprint density at radius 3 is 1.91 bits per heavy atom. The van der Waals surface area contributed by atoms with E-state index >= 15 is 0 Å². The lowest BCUT2D eigenvalue weighted by molar-refractivity contribution is 0.280. The second-order valence-corrected chi connectivity index (χ2v) is 11.0. The maximum atomic E-state index is 2.54. The van der Waals surface area contributed by atoms with Gasteiger partial charge >= 0.3 is 0 Å². The van der Waals surface area contributed by atoms with Crippen LogP contribution in [0.25, 0.3) is 0 Å². The molecule has 0 heterocycles. The summed E-state index contributed by atoms with van der Waals surface area (Å²) in [5.41, 5.74) is 2.06. The van der Waals surface area contributed by atoms with Gasteiger partial charge in [0, 0.05) is 12.0 Å².